The highest BCUT2D eigenvalue weighted by atomic mass is 35.5. The van der Waals surface area contributed by atoms with Crippen LogP contribution in [0.2, 0.25) is 5.02 Å². The fourth-order valence-electron chi connectivity index (χ4n) is 3.48. The Labute approximate surface area is 187 Å². The molecule has 31 heavy (non-hydrogen) atoms. The monoisotopic (exact) mass is 467 g/mol. The van der Waals surface area contributed by atoms with Gasteiger partial charge in [0.25, 0.3) is 10.0 Å². The first-order chi connectivity index (χ1) is 14.6. The van der Waals surface area contributed by atoms with E-state index in [-0.39, 0.29) is 42.4 Å². The predicted molar refractivity (Wildman–Crippen MR) is 117 cm³/mol. The summed E-state index contributed by atoms with van der Waals surface area (Å²) >= 11 is 6.04. The van der Waals surface area contributed by atoms with E-state index in [4.69, 9.17) is 11.6 Å². The van der Waals surface area contributed by atoms with Crippen molar-refractivity contribution < 1.29 is 18.0 Å². The van der Waals surface area contributed by atoms with Crippen LogP contribution >= 0.6 is 11.6 Å². The molecule has 1 N–H and O–H groups in total. The van der Waals surface area contributed by atoms with Gasteiger partial charge in [0.1, 0.15) is 5.82 Å². The fraction of sp³-hybridized carbons (Fsp3) is 0.450. The van der Waals surface area contributed by atoms with Crippen LogP contribution in [-0.2, 0) is 26.7 Å². The fourth-order valence-corrected chi connectivity index (χ4v) is 5.16. The lowest BCUT2D eigenvalue weighted by atomic mass is 9.96. The minimum atomic E-state index is -3.69. The Balaban J connectivity index is 1.54. The summed E-state index contributed by atoms with van der Waals surface area (Å²) in [7, 11) is -0.387. The van der Waals surface area contributed by atoms with Crippen molar-refractivity contribution in [1.82, 2.24) is 18.8 Å². The van der Waals surface area contributed by atoms with Gasteiger partial charge in [-0.25, -0.2) is 13.4 Å². The second kappa shape index (κ2) is 9.37. The lowest BCUT2D eigenvalue weighted by molar-refractivity contribution is -0.138. The van der Waals surface area contributed by atoms with Crippen molar-refractivity contribution in [2.75, 3.05) is 32.0 Å². The Bertz CT molecular complexity index is 1060. The lowest BCUT2D eigenvalue weighted by Gasteiger charge is -2.32. The lowest BCUT2D eigenvalue weighted by Crippen LogP contribution is -2.45. The summed E-state index contributed by atoms with van der Waals surface area (Å²) < 4.78 is 28.6. The summed E-state index contributed by atoms with van der Waals surface area (Å²) in [6, 6.07) is 6.86. The van der Waals surface area contributed by atoms with Gasteiger partial charge in [-0.3, -0.25) is 9.59 Å². The van der Waals surface area contributed by atoms with Crippen LogP contribution in [0.3, 0.4) is 0 Å². The number of likely N-dealkylation sites (N-methyl/N-ethyl adjacent to an activating group) is 1. The van der Waals surface area contributed by atoms with Crippen LogP contribution in [0.5, 0.6) is 0 Å². The van der Waals surface area contributed by atoms with Crippen LogP contribution in [0.25, 0.3) is 0 Å². The molecule has 168 valence electrons. The van der Waals surface area contributed by atoms with Gasteiger partial charge in [0.15, 0.2) is 5.03 Å². The molecule has 1 aliphatic heterocycles. The quantitative estimate of drug-likeness (QED) is 0.698. The summed E-state index contributed by atoms with van der Waals surface area (Å²) in [6.07, 6.45) is 2.27. The topological polar surface area (TPSA) is 105 Å². The standard InChI is InChI=1S/C20H26ClN5O4S/c1-14-22-19(13-24(14)2)31(29,30)26-10-8-15(9-11-26)20(28)25(3)12-18(27)23-17-7-5-4-6-16(17)21/h4-7,13,15H,8-12H2,1-3H3,(H,23,27). The number of nitrogens with one attached hydrogen (secondary N) is 1. The van der Waals surface area contributed by atoms with Crippen molar-refractivity contribution in [3.8, 4) is 0 Å². The zero-order valence-electron chi connectivity index (χ0n) is 17.7. The van der Waals surface area contributed by atoms with Gasteiger partial charge in [-0.2, -0.15) is 4.31 Å². The predicted octanol–water partition coefficient (Wildman–Crippen LogP) is 1.88. The van der Waals surface area contributed by atoms with Gasteiger partial charge in [0.2, 0.25) is 11.8 Å². The minimum absolute atomic E-state index is 0.0191. The third-order valence-electron chi connectivity index (χ3n) is 5.40. The number of aromatic nitrogens is 2. The molecule has 1 aliphatic rings. The number of amides is 2. The smallest absolute Gasteiger partial charge is 0.262 e. The molecular weight excluding hydrogens is 442 g/mol. The van der Waals surface area contributed by atoms with Gasteiger partial charge < -0.3 is 14.8 Å². The number of nitrogens with zero attached hydrogens (tertiary/aromatic N) is 4. The summed E-state index contributed by atoms with van der Waals surface area (Å²) in [5.41, 5.74) is 0.485. The molecule has 9 nitrogen and oxygen atoms in total. The number of carbonyl (C=O) groups excluding carboxylic acids is 2. The van der Waals surface area contributed by atoms with Crippen LogP contribution in [0.1, 0.15) is 18.7 Å². The summed E-state index contributed by atoms with van der Waals surface area (Å²) in [6.45, 7) is 2.08. The van der Waals surface area contributed by atoms with Crippen LogP contribution in [-0.4, -0.2) is 65.7 Å². The molecule has 3 rings (SSSR count). The molecule has 0 spiro atoms. The SMILES string of the molecule is Cc1nc(S(=O)(=O)N2CCC(C(=O)N(C)CC(=O)Nc3ccccc3Cl)CC2)cn1C. The Kier molecular flexibility index (Phi) is 7.03. The highest BCUT2D eigenvalue weighted by Gasteiger charge is 2.34. The van der Waals surface area contributed by atoms with E-state index >= 15 is 0 Å². The van der Waals surface area contributed by atoms with Gasteiger partial charge >= 0.3 is 0 Å². The first-order valence-electron chi connectivity index (χ1n) is 9.89. The van der Waals surface area contributed by atoms with E-state index < -0.39 is 10.0 Å². The van der Waals surface area contributed by atoms with Gasteiger partial charge in [-0.1, -0.05) is 23.7 Å². The molecule has 0 radical (unpaired) electrons. The van der Waals surface area contributed by atoms with E-state index in [1.807, 2.05) is 0 Å². The molecule has 0 unspecified atom stereocenters. The summed E-state index contributed by atoms with van der Waals surface area (Å²) in [5, 5.41) is 3.13. The van der Waals surface area contributed by atoms with Crippen LogP contribution in [0, 0.1) is 12.8 Å². The Hall–Kier alpha value is -2.43. The van der Waals surface area contributed by atoms with E-state index in [1.54, 1.807) is 49.9 Å². The third-order valence-corrected chi connectivity index (χ3v) is 7.50. The number of aryl methyl sites for hydroxylation is 2. The van der Waals surface area contributed by atoms with Crippen molar-refractivity contribution >= 4 is 39.1 Å². The summed E-state index contributed by atoms with van der Waals surface area (Å²) in [4.78, 5) is 30.5. The highest BCUT2D eigenvalue weighted by molar-refractivity contribution is 7.89. The molecule has 2 aromatic rings. The van der Waals surface area contributed by atoms with Crippen LogP contribution in [0.15, 0.2) is 35.5 Å². The van der Waals surface area contributed by atoms with Crippen molar-refractivity contribution in [1.29, 1.82) is 0 Å². The minimum Gasteiger partial charge on any atom is -0.337 e. The average Bonchev–Trinajstić information content (AvgIpc) is 3.08. The third kappa shape index (κ3) is 5.25. The van der Waals surface area contributed by atoms with Gasteiger partial charge in [0.05, 0.1) is 17.3 Å². The second-order valence-corrected chi connectivity index (χ2v) is 9.93. The number of piperidine rings is 1. The maximum atomic E-state index is 12.8. The molecule has 0 aliphatic carbocycles. The van der Waals surface area contributed by atoms with Gasteiger partial charge in [0, 0.05) is 39.3 Å². The Morgan fingerprint density at radius 3 is 2.48 bits per heavy atom. The largest absolute Gasteiger partial charge is 0.337 e. The number of imidazole rings is 1. The molecule has 0 bridgehead atoms. The normalized spacial score (nSPS) is 15.6. The van der Waals surface area contributed by atoms with Gasteiger partial charge in [-0.05, 0) is 31.9 Å². The first kappa shape index (κ1) is 23.2. The molecule has 1 saturated heterocycles. The maximum absolute atomic E-state index is 12.8. The molecule has 1 fully saturated rings. The van der Waals surface area contributed by atoms with Crippen molar-refractivity contribution in [3.63, 3.8) is 0 Å². The molecular formula is C20H26ClN5O4S. The number of rotatable bonds is 6. The molecule has 2 amide bonds. The van der Waals surface area contributed by atoms with Crippen molar-refractivity contribution in [2.45, 2.75) is 24.8 Å². The number of carbonyl (C=O) groups is 2. The molecule has 11 heteroatoms. The van der Waals surface area contributed by atoms with E-state index in [9.17, 15) is 18.0 Å². The number of para-hydroxylation sites is 1. The number of sulfonamides is 1. The first-order valence-corrected chi connectivity index (χ1v) is 11.7. The average molecular weight is 468 g/mol. The zero-order chi connectivity index (χ0) is 22.8. The van der Waals surface area contributed by atoms with E-state index in [2.05, 4.69) is 10.3 Å². The molecule has 1 aromatic heterocycles. The molecule has 0 saturated carbocycles. The molecule has 1 aromatic carbocycles. The highest BCUT2D eigenvalue weighted by Crippen LogP contribution is 2.25. The Morgan fingerprint density at radius 1 is 1.26 bits per heavy atom. The van der Waals surface area contributed by atoms with Crippen molar-refractivity contribution in [3.05, 3.63) is 41.3 Å². The van der Waals surface area contributed by atoms with E-state index in [0.717, 1.165) is 0 Å². The number of benzene rings is 1. The maximum Gasteiger partial charge on any atom is 0.262 e. The van der Waals surface area contributed by atoms with E-state index in [1.165, 1.54) is 15.4 Å². The summed E-state index contributed by atoms with van der Waals surface area (Å²) in [5.74, 6) is -0.259. The van der Waals surface area contributed by atoms with Crippen molar-refractivity contribution in [2.24, 2.45) is 13.0 Å². The van der Waals surface area contributed by atoms with Gasteiger partial charge in [-0.15, -0.1) is 0 Å². The van der Waals surface area contributed by atoms with Crippen LogP contribution in [0.4, 0.5) is 5.69 Å². The van der Waals surface area contributed by atoms with E-state index in [0.29, 0.717) is 29.4 Å². The zero-order valence-corrected chi connectivity index (χ0v) is 19.3. The number of hydrogen-bond donors (Lipinski definition) is 1. The second-order valence-electron chi connectivity index (χ2n) is 7.64. The number of halogens is 1. The number of anilines is 1. The Morgan fingerprint density at radius 2 is 1.90 bits per heavy atom. The molecule has 0 atom stereocenters. The number of hydrogen-bond acceptors (Lipinski definition) is 5. The molecule has 2 heterocycles. The van der Waals surface area contributed by atoms with Crippen LogP contribution < -0.4 is 5.32 Å².